The summed E-state index contributed by atoms with van der Waals surface area (Å²) in [5, 5.41) is 6.17. The highest BCUT2D eigenvalue weighted by molar-refractivity contribution is 5.80. The fraction of sp³-hybridized carbons (Fsp3) is 0.722. The van der Waals surface area contributed by atoms with E-state index in [1.807, 2.05) is 7.05 Å². The maximum Gasteiger partial charge on any atom is 0.220 e. The molecular weight excluding hydrogens is 316 g/mol. The van der Waals surface area contributed by atoms with E-state index in [1.165, 1.54) is 18.7 Å². The minimum atomic E-state index is 0.143. The third-order valence-electron chi connectivity index (χ3n) is 5.26. The molecule has 2 aliphatic rings. The van der Waals surface area contributed by atoms with Crippen LogP contribution in [0.1, 0.15) is 43.6 Å². The van der Waals surface area contributed by atoms with E-state index >= 15 is 0 Å². The van der Waals surface area contributed by atoms with Crippen LogP contribution in [0.15, 0.2) is 11.2 Å². The van der Waals surface area contributed by atoms with Crippen LogP contribution in [0.5, 0.6) is 0 Å². The Bertz CT molecular complexity index is 592. The first-order valence-electron chi connectivity index (χ1n) is 9.40. The van der Waals surface area contributed by atoms with E-state index in [-0.39, 0.29) is 5.91 Å². The summed E-state index contributed by atoms with van der Waals surface area (Å²) >= 11 is 0. The summed E-state index contributed by atoms with van der Waals surface area (Å²) in [5.41, 5.74) is 1.09. The standard InChI is InChI=1S/C18H30N6O/c1-19-17(25)11-14-6-9-23(10-7-14)18(20-2)21-12-15-13-24-8-4-3-5-16(24)22-15/h13-14H,3-12H2,1-2H3,(H,19,25)(H,20,21). The van der Waals surface area contributed by atoms with Gasteiger partial charge in [-0.25, -0.2) is 4.98 Å². The topological polar surface area (TPSA) is 74.5 Å². The third kappa shape index (κ3) is 4.52. The molecule has 1 aromatic rings. The summed E-state index contributed by atoms with van der Waals surface area (Å²) in [7, 11) is 3.54. The quantitative estimate of drug-likeness (QED) is 0.633. The van der Waals surface area contributed by atoms with Gasteiger partial charge in [0.15, 0.2) is 5.96 Å². The molecule has 1 amide bonds. The van der Waals surface area contributed by atoms with Crippen LogP contribution in [-0.2, 0) is 24.3 Å². The lowest BCUT2D eigenvalue weighted by Gasteiger charge is -2.34. The third-order valence-corrected chi connectivity index (χ3v) is 5.26. The average Bonchev–Trinajstić information content (AvgIpc) is 3.06. The van der Waals surface area contributed by atoms with Crippen LogP contribution in [0, 0.1) is 5.92 Å². The number of fused-ring (bicyclic) bond motifs is 1. The minimum absolute atomic E-state index is 0.143. The normalized spacial score (nSPS) is 18.8. The molecule has 0 spiro atoms. The van der Waals surface area contributed by atoms with Gasteiger partial charge in [-0.05, 0) is 31.6 Å². The molecule has 0 aromatic carbocycles. The van der Waals surface area contributed by atoms with Gasteiger partial charge < -0.3 is 20.1 Å². The van der Waals surface area contributed by atoms with Crippen molar-refractivity contribution in [1.29, 1.82) is 0 Å². The Hall–Kier alpha value is -2.05. The number of amides is 1. The molecule has 3 heterocycles. The number of carbonyl (C=O) groups excluding carboxylic acids is 1. The molecule has 0 atom stereocenters. The van der Waals surface area contributed by atoms with Gasteiger partial charge in [0.2, 0.25) is 5.91 Å². The minimum Gasteiger partial charge on any atom is -0.359 e. The summed E-state index contributed by atoms with van der Waals surface area (Å²) < 4.78 is 2.29. The highest BCUT2D eigenvalue weighted by Crippen LogP contribution is 2.20. The molecule has 138 valence electrons. The zero-order valence-electron chi connectivity index (χ0n) is 15.4. The summed E-state index contributed by atoms with van der Waals surface area (Å²) in [6.07, 6.45) is 8.47. The van der Waals surface area contributed by atoms with Crippen LogP contribution in [-0.4, -0.2) is 53.5 Å². The Morgan fingerprint density at radius 3 is 2.80 bits per heavy atom. The lowest BCUT2D eigenvalue weighted by Crippen LogP contribution is -2.45. The molecule has 0 aliphatic carbocycles. The number of likely N-dealkylation sites (tertiary alicyclic amines) is 1. The largest absolute Gasteiger partial charge is 0.359 e. The lowest BCUT2D eigenvalue weighted by molar-refractivity contribution is -0.121. The van der Waals surface area contributed by atoms with Crippen LogP contribution < -0.4 is 10.6 Å². The second-order valence-electron chi connectivity index (χ2n) is 7.01. The number of guanidine groups is 1. The molecule has 0 saturated carbocycles. The van der Waals surface area contributed by atoms with E-state index in [1.54, 1.807) is 7.05 Å². The zero-order valence-corrected chi connectivity index (χ0v) is 15.4. The maximum atomic E-state index is 11.5. The van der Waals surface area contributed by atoms with Gasteiger partial charge in [0.1, 0.15) is 5.82 Å². The van der Waals surface area contributed by atoms with Gasteiger partial charge in [-0.15, -0.1) is 0 Å². The predicted octanol–water partition coefficient (Wildman–Crippen LogP) is 1.14. The van der Waals surface area contributed by atoms with E-state index in [0.29, 0.717) is 18.9 Å². The van der Waals surface area contributed by atoms with E-state index in [2.05, 4.69) is 31.3 Å². The van der Waals surface area contributed by atoms with Crippen molar-refractivity contribution in [2.45, 2.75) is 51.6 Å². The number of nitrogens with zero attached hydrogens (tertiary/aromatic N) is 4. The van der Waals surface area contributed by atoms with E-state index in [4.69, 9.17) is 4.98 Å². The van der Waals surface area contributed by atoms with Crippen molar-refractivity contribution in [2.75, 3.05) is 27.2 Å². The summed E-state index contributed by atoms with van der Waals surface area (Å²) in [6, 6.07) is 0. The fourth-order valence-corrected chi connectivity index (χ4v) is 3.77. The number of nitrogens with one attached hydrogen (secondary N) is 2. The first-order valence-corrected chi connectivity index (χ1v) is 9.40. The number of hydrogen-bond acceptors (Lipinski definition) is 3. The van der Waals surface area contributed by atoms with Crippen molar-refractivity contribution in [3.8, 4) is 0 Å². The van der Waals surface area contributed by atoms with Crippen LogP contribution in [0.4, 0.5) is 0 Å². The number of aromatic nitrogens is 2. The number of rotatable bonds is 4. The Morgan fingerprint density at radius 2 is 2.12 bits per heavy atom. The summed E-state index contributed by atoms with van der Waals surface area (Å²) in [4.78, 5) is 23.0. The predicted molar refractivity (Wildman–Crippen MR) is 98.3 cm³/mol. The molecule has 3 rings (SSSR count). The first kappa shape index (κ1) is 17.8. The monoisotopic (exact) mass is 346 g/mol. The molecule has 25 heavy (non-hydrogen) atoms. The SMILES string of the molecule is CN=C(NCc1cn2c(n1)CCCC2)N1CCC(CC(=O)NC)CC1. The smallest absolute Gasteiger partial charge is 0.220 e. The van der Waals surface area contributed by atoms with Crippen molar-refractivity contribution in [2.24, 2.45) is 10.9 Å². The van der Waals surface area contributed by atoms with Crippen LogP contribution >= 0.6 is 0 Å². The Kier molecular flexibility index (Phi) is 5.94. The Morgan fingerprint density at radius 1 is 1.32 bits per heavy atom. The number of imidazole rings is 1. The molecule has 2 aliphatic heterocycles. The van der Waals surface area contributed by atoms with E-state index in [0.717, 1.165) is 50.6 Å². The second-order valence-corrected chi connectivity index (χ2v) is 7.01. The molecule has 0 bridgehead atoms. The van der Waals surface area contributed by atoms with Crippen molar-refractivity contribution in [3.05, 3.63) is 17.7 Å². The maximum absolute atomic E-state index is 11.5. The molecule has 7 heteroatoms. The fourth-order valence-electron chi connectivity index (χ4n) is 3.77. The highest BCUT2D eigenvalue weighted by Gasteiger charge is 2.23. The number of aliphatic imine (C=N–C) groups is 1. The first-order chi connectivity index (χ1) is 12.2. The van der Waals surface area contributed by atoms with E-state index < -0.39 is 0 Å². The second kappa shape index (κ2) is 8.36. The van der Waals surface area contributed by atoms with Gasteiger partial charge in [0.25, 0.3) is 0 Å². The van der Waals surface area contributed by atoms with Crippen LogP contribution in [0.25, 0.3) is 0 Å². The van der Waals surface area contributed by atoms with Crippen molar-refractivity contribution >= 4 is 11.9 Å². The van der Waals surface area contributed by atoms with Crippen LogP contribution in [0.2, 0.25) is 0 Å². The van der Waals surface area contributed by atoms with Gasteiger partial charge in [-0.2, -0.15) is 0 Å². The molecule has 7 nitrogen and oxygen atoms in total. The molecule has 0 radical (unpaired) electrons. The highest BCUT2D eigenvalue weighted by atomic mass is 16.1. The van der Waals surface area contributed by atoms with E-state index in [9.17, 15) is 4.79 Å². The number of carbonyl (C=O) groups is 1. The van der Waals surface area contributed by atoms with Crippen molar-refractivity contribution in [1.82, 2.24) is 25.1 Å². The number of aryl methyl sites for hydroxylation is 2. The van der Waals surface area contributed by atoms with Gasteiger partial charge in [-0.3, -0.25) is 9.79 Å². The van der Waals surface area contributed by atoms with Gasteiger partial charge in [0.05, 0.1) is 12.2 Å². The molecule has 1 fully saturated rings. The Balaban J connectivity index is 1.48. The molecule has 1 aromatic heterocycles. The molecule has 1 saturated heterocycles. The lowest BCUT2D eigenvalue weighted by atomic mass is 9.93. The van der Waals surface area contributed by atoms with Crippen molar-refractivity contribution < 1.29 is 4.79 Å². The van der Waals surface area contributed by atoms with Gasteiger partial charge in [0, 0.05) is 52.8 Å². The van der Waals surface area contributed by atoms with Crippen LogP contribution in [0.3, 0.4) is 0 Å². The molecule has 2 N–H and O–H groups in total. The molecule has 0 unspecified atom stereocenters. The average molecular weight is 346 g/mol. The summed E-state index contributed by atoms with van der Waals surface area (Å²) in [5.74, 6) is 2.77. The summed E-state index contributed by atoms with van der Waals surface area (Å²) in [6.45, 7) is 3.70. The van der Waals surface area contributed by atoms with Gasteiger partial charge >= 0.3 is 0 Å². The molecular formula is C18H30N6O. The van der Waals surface area contributed by atoms with Crippen molar-refractivity contribution in [3.63, 3.8) is 0 Å². The number of piperidine rings is 1. The number of hydrogen-bond donors (Lipinski definition) is 2. The zero-order chi connectivity index (χ0) is 17.6. The Labute approximate surface area is 149 Å². The van der Waals surface area contributed by atoms with Gasteiger partial charge in [-0.1, -0.05) is 0 Å².